The quantitative estimate of drug-likeness (QED) is 0.645. The van der Waals surface area contributed by atoms with Crippen molar-refractivity contribution in [3.8, 4) is 0 Å². The van der Waals surface area contributed by atoms with E-state index in [1.165, 1.54) is 11.3 Å². The molecule has 1 nitrogen and oxygen atoms in total. The van der Waals surface area contributed by atoms with Gasteiger partial charge in [0.25, 0.3) is 0 Å². The first-order valence-electron chi connectivity index (χ1n) is 3.13. The van der Waals surface area contributed by atoms with Gasteiger partial charge in [-0.25, -0.2) is 0 Å². The molecule has 1 aromatic rings. The second-order valence-corrected chi connectivity index (χ2v) is 4.91. The lowest BCUT2D eigenvalue weighted by Gasteiger charge is -1.90. The van der Waals surface area contributed by atoms with Gasteiger partial charge >= 0.3 is 0 Å². The summed E-state index contributed by atoms with van der Waals surface area (Å²) in [4.78, 5) is 12.0. The topological polar surface area (TPSA) is 17.1 Å². The van der Waals surface area contributed by atoms with Crippen LogP contribution >= 0.6 is 39.9 Å². The van der Waals surface area contributed by atoms with Gasteiger partial charge in [-0.3, -0.25) is 4.79 Å². The molecule has 4 heteroatoms. The minimum absolute atomic E-state index is 0.177. The zero-order valence-electron chi connectivity index (χ0n) is 5.71. The Kier molecular flexibility index (Phi) is 3.62. The van der Waals surface area contributed by atoms with Crippen LogP contribution in [0.3, 0.4) is 0 Å². The number of carbonyl (C=O) groups excluding carboxylic acids is 1. The molecule has 0 amide bonds. The summed E-state index contributed by atoms with van der Waals surface area (Å²) in [6.07, 6.45) is 0.524. The van der Waals surface area contributed by atoms with Crippen molar-refractivity contribution in [3.05, 3.63) is 20.8 Å². The number of hydrogen-bond donors (Lipinski definition) is 1. The first-order valence-corrected chi connectivity index (χ1v) is 5.37. The van der Waals surface area contributed by atoms with Gasteiger partial charge in [-0.05, 0) is 33.8 Å². The molecule has 0 aromatic carbocycles. The number of Topliss-reactive ketones (excluding diaryl/α,β-unsaturated/α-hetero) is 1. The summed E-state index contributed by atoms with van der Waals surface area (Å²) in [6, 6.07) is 3.72. The van der Waals surface area contributed by atoms with Crippen molar-refractivity contribution in [1.82, 2.24) is 0 Å². The Hall–Kier alpha value is 0.200. The normalized spacial score (nSPS) is 10.0. The van der Waals surface area contributed by atoms with E-state index >= 15 is 0 Å². The maximum absolute atomic E-state index is 11.2. The number of thiol groups is 1. The Bertz CT molecular complexity index is 257. The highest BCUT2D eigenvalue weighted by atomic mass is 79.9. The van der Waals surface area contributed by atoms with Crippen LogP contribution in [0, 0.1) is 0 Å². The van der Waals surface area contributed by atoms with Crippen LogP contribution in [0.15, 0.2) is 15.9 Å². The monoisotopic (exact) mass is 250 g/mol. The van der Waals surface area contributed by atoms with E-state index in [0.29, 0.717) is 12.2 Å². The summed E-state index contributed by atoms with van der Waals surface area (Å²) in [5.41, 5.74) is 0. The lowest BCUT2D eigenvalue weighted by molar-refractivity contribution is 0.0993. The Morgan fingerprint density at radius 1 is 1.64 bits per heavy atom. The van der Waals surface area contributed by atoms with Crippen molar-refractivity contribution in [1.29, 1.82) is 0 Å². The molecular weight excluding hydrogens is 244 g/mol. The van der Waals surface area contributed by atoms with Crippen molar-refractivity contribution in [2.24, 2.45) is 0 Å². The third-order valence-corrected chi connectivity index (χ3v) is 3.08. The first kappa shape index (κ1) is 9.29. The van der Waals surface area contributed by atoms with Crippen molar-refractivity contribution in [3.63, 3.8) is 0 Å². The fourth-order valence-electron chi connectivity index (χ4n) is 0.689. The van der Waals surface area contributed by atoms with E-state index in [1.54, 1.807) is 0 Å². The molecule has 0 aliphatic heterocycles. The molecule has 0 atom stereocenters. The van der Waals surface area contributed by atoms with Gasteiger partial charge < -0.3 is 0 Å². The van der Waals surface area contributed by atoms with E-state index < -0.39 is 0 Å². The van der Waals surface area contributed by atoms with Crippen LogP contribution in [0.25, 0.3) is 0 Å². The predicted molar refractivity (Wildman–Crippen MR) is 54.8 cm³/mol. The maximum Gasteiger partial charge on any atom is 0.173 e. The van der Waals surface area contributed by atoms with Crippen LogP contribution in [0.5, 0.6) is 0 Å². The van der Waals surface area contributed by atoms with Crippen molar-refractivity contribution in [2.75, 3.05) is 5.75 Å². The molecule has 0 unspecified atom stereocenters. The van der Waals surface area contributed by atoms with E-state index in [2.05, 4.69) is 28.6 Å². The zero-order valence-corrected chi connectivity index (χ0v) is 9.01. The Morgan fingerprint density at radius 2 is 2.36 bits per heavy atom. The summed E-state index contributed by atoms with van der Waals surface area (Å²) in [6.45, 7) is 0. The third kappa shape index (κ3) is 2.61. The van der Waals surface area contributed by atoms with Crippen molar-refractivity contribution < 1.29 is 4.79 Å². The molecule has 0 spiro atoms. The highest BCUT2D eigenvalue weighted by Gasteiger charge is 2.06. The molecule has 0 radical (unpaired) electrons. The standard InChI is InChI=1S/C7H7BrOS2/c8-7-2-1-6(11-7)5(9)3-4-10/h1-2,10H,3-4H2. The van der Waals surface area contributed by atoms with Gasteiger partial charge in [0.15, 0.2) is 5.78 Å². The molecule has 1 heterocycles. The smallest absolute Gasteiger partial charge is 0.173 e. The number of thiophene rings is 1. The van der Waals surface area contributed by atoms with E-state index in [4.69, 9.17) is 0 Å². The number of halogens is 1. The molecule has 0 aliphatic rings. The van der Waals surface area contributed by atoms with Crippen LogP contribution in [0.2, 0.25) is 0 Å². The molecule has 0 fully saturated rings. The summed E-state index contributed by atoms with van der Waals surface area (Å²) in [5, 5.41) is 0. The highest BCUT2D eigenvalue weighted by molar-refractivity contribution is 9.11. The Labute approximate surface area is 83.4 Å². The fraction of sp³-hybridized carbons (Fsp3) is 0.286. The summed E-state index contributed by atoms with van der Waals surface area (Å²) in [5.74, 6) is 0.796. The number of hydrogen-bond acceptors (Lipinski definition) is 3. The highest BCUT2D eigenvalue weighted by Crippen LogP contribution is 2.23. The lowest BCUT2D eigenvalue weighted by Crippen LogP contribution is -1.95. The van der Waals surface area contributed by atoms with Gasteiger partial charge in [-0.1, -0.05) is 0 Å². The zero-order chi connectivity index (χ0) is 8.27. The molecule has 0 saturated heterocycles. The maximum atomic E-state index is 11.2. The van der Waals surface area contributed by atoms with Crippen LogP contribution in [-0.4, -0.2) is 11.5 Å². The lowest BCUT2D eigenvalue weighted by atomic mass is 10.3. The molecule has 1 rings (SSSR count). The first-order chi connectivity index (χ1) is 5.24. The van der Waals surface area contributed by atoms with Gasteiger partial charge in [0.05, 0.1) is 8.66 Å². The van der Waals surface area contributed by atoms with Crippen LogP contribution in [0.1, 0.15) is 16.1 Å². The number of carbonyl (C=O) groups is 1. The largest absolute Gasteiger partial charge is 0.293 e. The molecular formula is C7H7BrOS2. The molecule has 1 aromatic heterocycles. The van der Waals surface area contributed by atoms with E-state index in [0.717, 1.165) is 8.66 Å². The predicted octanol–water partition coefficient (Wildman–Crippen LogP) is 3.01. The van der Waals surface area contributed by atoms with Gasteiger partial charge in [0.1, 0.15) is 0 Å². The molecule has 0 saturated carbocycles. The molecule has 0 aliphatic carbocycles. The molecule has 11 heavy (non-hydrogen) atoms. The van der Waals surface area contributed by atoms with E-state index in [1.807, 2.05) is 12.1 Å². The Balaban J connectivity index is 2.69. The van der Waals surface area contributed by atoms with E-state index in [-0.39, 0.29) is 5.78 Å². The van der Waals surface area contributed by atoms with Crippen LogP contribution in [0.4, 0.5) is 0 Å². The van der Waals surface area contributed by atoms with Crippen LogP contribution in [-0.2, 0) is 0 Å². The van der Waals surface area contributed by atoms with E-state index in [9.17, 15) is 4.79 Å². The van der Waals surface area contributed by atoms with Crippen LogP contribution < -0.4 is 0 Å². The second kappa shape index (κ2) is 4.28. The fourth-order valence-corrected chi connectivity index (χ4v) is 2.25. The molecule has 0 bridgehead atoms. The SMILES string of the molecule is O=C(CCS)c1ccc(Br)s1. The summed E-state index contributed by atoms with van der Waals surface area (Å²) in [7, 11) is 0. The minimum atomic E-state index is 0.177. The van der Waals surface area contributed by atoms with Gasteiger partial charge in [-0.2, -0.15) is 12.6 Å². The van der Waals surface area contributed by atoms with Gasteiger partial charge in [0.2, 0.25) is 0 Å². The number of ketones is 1. The average molecular weight is 251 g/mol. The van der Waals surface area contributed by atoms with Crippen molar-refractivity contribution >= 4 is 45.7 Å². The summed E-state index contributed by atoms with van der Waals surface area (Å²) < 4.78 is 1.00. The average Bonchev–Trinajstić information content (AvgIpc) is 2.36. The van der Waals surface area contributed by atoms with Crippen molar-refractivity contribution in [2.45, 2.75) is 6.42 Å². The third-order valence-electron chi connectivity index (χ3n) is 1.19. The second-order valence-electron chi connectivity index (χ2n) is 2.00. The number of rotatable bonds is 3. The molecule has 0 N–H and O–H groups in total. The Morgan fingerprint density at radius 3 is 2.82 bits per heavy atom. The van der Waals surface area contributed by atoms with Gasteiger partial charge in [0, 0.05) is 6.42 Å². The minimum Gasteiger partial charge on any atom is -0.293 e. The molecule has 60 valence electrons. The van der Waals surface area contributed by atoms with Gasteiger partial charge in [-0.15, -0.1) is 11.3 Å². The summed E-state index contributed by atoms with van der Waals surface area (Å²) >= 11 is 8.76.